The first kappa shape index (κ1) is 15.7. The summed E-state index contributed by atoms with van der Waals surface area (Å²) in [6.45, 7) is 4.98. The Balaban J connectivity index is 1.90. The Morgan fingerprint density at radius 2 is 1.81 bits per heavy atom. The molecule has 0 saturated carbocycles. The van der Waals surface area contributed by atoms with E-state index in [9.17, 15) is 4.79 Å². The largest absolute Gasteiger partial charge is 0.496 e. The number of hydrogen-bond donors (Lipinski definition) is 0. The molecule has 3 aromatic carbocycles. The molecular weight excluding hydrogens is 322 g/mol. The maximum atomic E-state index is 12.3. The number of methoxy groups -OCH3 is 1. The minimum atomic E-state index is 0.303. The van der Waals surface area contributed by atoms with Crippen LogP contribution >= 0.6 is 0 Å². The molecule has 26 heavy (non-hydrogen) atoms. The van der Waals surface area contributed by atoms with E-state index in [1.54, 1.807) is 7.11 Å². The van der Waals surface area contributed by atoms with E-state index in [0.29, 0.717) is 18.4 Å². The average molecular weight is 345 g/mol. The molecule has 3 aromatic rings. The Labute approximate surface area is 153 Å². The predicted octanol–water partition coefficient (Wildman–Crippen LogP) is 4.67. The van der Waals surface area contributed by atoms with Gasteiger partial charge in [-0.15, -0.1) is 0 Å². The van der Waals surface area contributed by atoms with Gasteiger partial charge < -0.3 is 9.64 Å². The number of amides is 1. The fourth-order valence-electron chi connectivity index (χ4n) is 4.89. The lowest BCUT2D eigenvalue weighted by Gasteiger charge is -2.33. The molecule has 1 fully saturated rings. The summed E-state index contributed by atoms with van der Waals surface area (Å²) in [6.07, 6.45) is 2.64. The first-order chi connectivity index (χ1) is 12.6. The number of carbonyl (C=O) groups is 1. The summed E-state index contributed by atoms with van der Waals surface area (Å²) in [5, 5.41) is 5.17. The van der Waals surface area contributed by atoms with E-state index >= 15 is 0 Å². The Bertz CT molecular complexity index is 1080. The van der Waals surface area contributed by atoms with Crippen LogP contribution in [0.3, 0.4) is 0 Å². The summed E-state index contributed by atoms with van der Waals surface area (Å²) >= 11 is 0. The van der Waals surface area contributed by atoms with Crippen molar-refractivity contribution < 1.29 is 9.53 Å². The van der Waals surface area contributed by atoms with Gasteiger partial charge in [-0.3, -0.25) is 4.79 Å². The van der Waals surface area contributed by atoms with E-state index in [1.807, 2.05) is 0 Å². The molecule has 2 aliphatic heterocycles. The Kier molecular flexibility index (Phi) is 3.30. The SMILES string of the molecule is COc1cc2c3c(c4ccc(C)cc4c2cc1C)CC1CCC(=O)N1C3. The number of rotatable bonds is 1. The van der Waals surface area contributed by atoms with E-state index in [-0.39, 0.29) is 0 Å². The number of carbonyl (C=O) groups excluding carboxylic acids is 1. The van der Waals surface area contributed by atoms with Gasteiger partial charge in [0.15, 0.2) is 0 Å². The lowest BCUT2D eigenvalue weighted by atomic mass is 9.84. The highest BCUT2D eigenvalue weighted by molar-refractivity contribution is 6.12. The molecule has 1 saturated heterocycles. The van der Waals surface area contributed by atoms with E-state index in [0.717, 1.165) is 30.7 Å². The third-order valence-corrected chi connectivity index (χ3v) is 6.24. The molecule has 2 aliphatic rings. The van der Waals surface area contributed by atoms with Crippen molar-refractivity contribution in [3.8, 4) is 5.75 Å². The van der Waals surface area contributed by atoms with Gasteiger partial charge in [-0.05, 0) is 77.1 Å². The van der Waals surface area contributed by atoms with Crippen LogP contribution in [0.15, 0.2) is 30.3 Å². The Morgan fingerprint density at radius 1 is 1.00 bits per heavy atom. The second-order valence-corrected chi connectivity index (χ2v) is 7.79. The molecule has 0 radical (unpaired) electrons. The maximum Gasteiger partial charge on any atom is 0.223 e. The van der Waals surface area contributed by atoms with Crippen LogP contribution in [0.1, 0.15) is 35.1 Å². The van der Waals surface area contributed by atoms with Crippen molar-refractivity contribution in [1.29, 1.82) is 0 Å². The van der Waals surface area contributed by atoms with Gasteiger partial charge in [0.1, 0.15) is 5.75 Å². The standard InChI is InChI=1S/C23H23NO2/c1-13-4-6-16-17(8-13)18-9-14(2)22(26-3)11-20(18)21-12-24-15(10-19(16)21)5-7-23(24)25/h4,6,8-9,11,15H,5,7,10,12H2,1-3H3. The fraction of sp³-hybridized carbons (Fsp3) is 0.348. The monoisotopic (exact) mass is 345 g/mol. The molecule has 0 aromatic heterocycles. The lowest BCUT2D eigenvalue weighted by Crippen LogP contribution is -2.38. The zero-order chi connectivity index (χ0) is 18.0. The van der Waals surface area contributed by atoms with Crippen LogP contribution in [0.5, 0.6) is 5.75 Å². The maximum absolute atomic E-state index is 12.3. The highest BCUT2D eigenvalue weighted by atomic mass is 16.5. The van der Waals surface area contributed by atoms with E-state index < -0.39 is 0 Å². The molecule has 3 nitrogen and oxygen atoms in total. The zero-order valence-corrected chi connectivity index (χ0v) is 15.6. The van der Waals surface area contributed by atoms with Gasteiger partial charge >= 0.3 is 0 Å². The van der Waals surface area contributed by atoms with E-state index in [4.69, 9.17) is 4.74 Å². The molecular formula is C23H23NO2. The van der Waals surface area contributed by atoms with Crippen molar-refractivity contribution in [2.45, 2.75) is 45.7 Å². The zero-order valence-electron chi connectivity index (χ0n) is 15.6. The van der Waals surface area contributed by atoms with Crippen LogP contribution in [-0.4, -0.2) is 24.0 Å². The second kappa shape index (κ2) is 5.47. The van der Waals surface area contributed by atoms with Gasteiger partial charge in [-0.25, -0.2) is 0 Å². The van der Waals surface area contributed by atoms with Gasteiger partial charge in [0, 0.05) is 19.0 Å². The smallest absolute Gasteiger partial charge is 0.223 e. The molecule has 0 bridgehead atoms. The molecule has 1 amide bonds. The molecule has 1 atom stereocenters. The van der Waals surface area contributed by atoms with Crippen LogP contribution in [0.4, 0.5) is 0 Å². The first-order valence-electron chi connectivity index (χ1n) is 9.38. The Morgan fingerprint density at radius 3 is 2.62 bits per heavy atom. The summed E-state index contributed by atoms with van der Waals surface area (Å²) < 4.78 is 5.61. The van der Waals surface area contributed by atoms with Crippen LogP contribution in [0.2, 0.25) is 0 Å². The van der Waals surface area contributed by atoms with Gasteiger partial charge in [0.2, 0.25) is 5.91 Å². The first-order valence-corrected chi connectivity index (χ1v) is 9.38. The summed E-state index contributed by atoms with van der Waals surface area (Å²) in [7, 11) is 1.73. The molecule has 0 N–H and O–H groups in total. The average Bonchev–Trinajstić information content (AvgIpc) is 3.00. The summed E-state index contributed by atoms with van der Waals surface area (Å²) in [5.41, 5.74) is 5.16. The normalized spacial score (nSPS) is 19.1. The number of aryl methyl sites for hydroxylation is 2. The van der Waals surface area contributed by atoms with Crippen LogP contribution in [0, 0.1) is 13.8 Å². The number of benzene rings is 3. The van der Waals surface area contributed by atoms with Crippen molar-refractivity contribution in [2.24, 2.45) is 0 Å². The van der Waals surface area contributed by atoms with Gasteiger partial charge in [0.25, 0.3) is 0 Å². The lowest BCUT2D eigenvalue weighted by molar-refractivity contribution is -0.129. The minimum Gasteiger partial charge on any atom is -0.496 e. The van der Waals surface area contributed by atoms with Crippen LogP contribution < -0.4 is 4.74 Å². The highest BCUT2D eigenvalue weighted by Gasteiger charge is 2.36. The third kappa shape index (κ3) is 2.09. The molecule has 1 unspecified atom stereocenters. The molecule has 2 heterocycles. The van der Waals surface area contributed by atoms with Crippen molar-refractivity contribution >= 4 is 27.5 Å². The van der Waals surface area contributed by atoms with E-state index in [1.165, 1.54) is 38.2 Å². The van der Waals surface area contributed by atoms with Crippen molar-refractivity contribution in [3.63, 3.8) is 0 Å². The minimum absolute atomic E-state index is 0.303. The molecule has 5 rings (SSSR count). The van der Waals surface area contributed by atoms with Crippen LogP contribution in [-0.2, 0) is 17.8 Å². The number of nitrogens with zero attached hydrogens (tertiary/aromatic N) is 1. The van der Waals surface area contributed by atoms with Crippen molar-refractivity contribution in [1.82, 2.24) is 4.90 Å². The topological polar surface area (TPSA) is 29.5 Å². The van der Waals surface area contributed by atoms with Gasteiger partial charge in [-0.1, -0.05) is 23.8 Å². The Hall–Kier alpha value is -2.55. The molecule has 0 aliphatic carbocycles. The van der Waals surface area contributed by atoms with Crippen molar-refractivity contribution in [3.05, 3.63) is 52.6 Å². The van der Waals surface area contributed by atoms with Crippen LogP contribution in [0.25, 0.3) is 21.5 Å². The highest BCUT2D eigenvalue weighted by Crippen LogP contribution is 2.42. The second-order valence-electron chi connectivity index (χ2n) is 7.79. The summed E-state index contributed by atoms with van der Waals surface area (Å²) in [5.74, 6) is 1.22. The summed E-state index contributed by atoms with van der Waals surface area (Å²) in [4.78, 5) is 14.4. The van der Waals surface area contributed by atoms with Crippen molar-refractivity contribution in [2.75, 3.05) is 7.11 Å². The number of hydrogen-bond acceptors (Lipinski definition) is 2. The molecule has 132 valence electrons. The number of ether oxygens (including phenoxy) is 1. The predicted molar refractivity (Wildman–Crippen MR) is 105 cm³/mol. The third-order valence-electron chi connectivity index (χ3n) is 6.24. The summed E-state index contributed by atoms with van der Waals surface area (Å²) in [6, 6.07) is 11.6. The fourth-order valence-corrected chi connectivity index (χ4v) is 4.89. The van der Waals surface area contributed by atoms with Gasteiger partial charge in [-0.2, -0.15) is 0 Å². The quantitative estimate of drug-likeness (QED) is 0.600. The molecule has 0 spiro atoms. The van der Waals surface area contributed by atoms with E-state index in [2.05, 4.69) is 49.1 Å². The number of fused-ring (bicyclic) bond motifs is 7. The molecule has 3 heteroatoms. The van der Waals surface area contributed by atoms with Gasteiger partial charge in [0.05, 0.1) is 7.11 Å².